The van der Waals surface area contributed by atoms with Crippen molar-refractivity contribution in [2.24, 2.45) is 4.99 Å². The third-order valence-corrected chi connectivity index (χ3v) is 3.38. The molecule has 1 heterocycles. The van der Waals surface area contributed by atoms with Crippen molar-refractivity contribution in [1.29, 1.82) is 0 Å². The van der Waals surface area contributed by atoms with Crippen molar-refractivity contribution in [3.05, 3.63) is 36.0 Å². The fourth-order valence-electron chi connectivity index (χ4n) is 2.17. The van der Waals surface area contributed by atoms with Crippen LogP contribution in [0.25, 0.3) is 0 Å². The minimum absolute atomic E-state index is 0.0616. The molecule has 0 aliphatic heterocycles. The average molecular weight is 347 g/mol. The van der Waals surface area contributed by atoms with Gasteiger partial charge in [-0.2, -0.15) is 4.98 Å². The Morgan fingerprint density at radius 2 is 2.04 bits per heavy atom. The standard InChI is InChI=1S/C17H25N5O3/c1-12(24-15-8-6-5-7-14(15)23-4)11-20-17(18-3)19-10-9-16-21-13(2)22-25-16/h5-8,12H,9-11H2,1-4H3,(H2,18,19,20). The summed E-state index contributed by atoms with van der Waals surface area (Å²) < 4.78 is 16.3. The minimum atomic E-state index is -0.0616. The van der Waals surface area contributed by atoms with Gasteiger partial charge in [0.15, 0.2) is 23.3 Å². The van der Waals surface area contributed by atoms with Gasteiger partial charge in [-0.15, -0.1) is 0 Å². The molecule has 8 nitrogen and oxygen atoms in total. The van der Waals surface area contributed by atoms with E-state index in [1.54, 1.807) is 21.1 Å². The summed E-state index contributed by atoms with van der Waals surface area (Å²) in [7, 11) is 3.35. The van der Waals surface area contributed by atoms with Gasteiger partial charge in [0.2, 0.25) is 5.89 Å². The zero-order valence-corrected chi connectivity index (χ0v) is 15.1. The summed E-state index contributed by atoms with van der Waals surface area (Å²) in [5, 5.41) is 10.2. The van der Waals surface area contributed by atoms with Crippen molar-refractivity contribution in [3.8, 4) is 11.5 Å². The maximum Gasteiger partial charge on any atom is 0.228 e. The number of nitrogens with zero attached hydrogens (tertiary/aromatic N) is 3. The molecule has 2 rings (SSSR count). The summed E-state index contributed by atoms with van der Waals surface area (Å²) in [5.74, 6) is 3.36. The Labute approximate surface area is 147 Å². The van der Waals surface area contributed by atoms with Crippen LogP contribution in [0.2, 0.25) is 0 Å². The van der Waals surface area contributed by atoms with Crippen LogP contribution in [0.4, 0.5) is 0 Å². The van der Waals surface area contributed by atoms with E-state index in [4.69, 9.17) is 14.0 Å². The van der Waals surface area contributed by atoms with Gasteiger partial charge < -0.3 is 24.6 Å². The average Bonchev–Trinajstić information content (AvgIpc) is 3.03. The zero-order valence-electron chi connectivity index (χ0n) is 15.1. The van der Waals surface area contributed by atoms with E-state index in [0.717, 1.165) is 0 Å². The van der Waals surface area contributed by atoms with Crippen LogP contribution >= 0.6 is 0 Å². The number of rotatable bonds is 8. The predicted molar refractivity (Wildman–Crippen MR) is 95.2 cm³/mol. The second-order valence-corrected chi connectivity index (χ2v) is 5.44. The summed E-state index contributed by atoms with van der Waals surface area (Å²) in [6, 6.07) is 7.58. The van der Waals surface area contributed by atoms with E-state index < -0.39 is 0 Å². The topological polar surface area (TPSA) is 93.8 Å². The van der Waals surface area contributed by atoms with Crippen LogP contribution in [-0.4, -0.2) is 49.5 Å². The highest BCUT2D eigenvalue weighted by atomic mass is 16.5. The Morgan fingerprint density at radius 3 is 2.68 bits per heavy atom. The number of aliphatic imine (C=N–C) groups is 1. The molecular weight excluding hydrogens is 322 g/mol. The van der Waals surface area contributed by atoms with Crippen LogP contribution in [0.1, 0.15) is 18.6 Å². The highest BCUT2D eigenvalue weighted by Gasteiger charge is 2.09. The Balaban J connectivity index is 1.74. The summed E-state index contributed by atoms with van der Waals surface area (Å²) in [6.45, 7) is 5.01. The molecular formula is C17H25N5O3. The van der Waals surface area contributed by atoms with Crippen molar-refractivity contribution in [3.63, 3.8) is 0 Å². The van der Waals surface area contributed by atoms with Gasteiger partial charge in [0.1, 0.15) is 6.10 Å². The smallest absolute Gasteiger partial charge is 0.228 e. The van der Waals surface area contributed by atoms with Crippen molar-refractivity contribution in [2.45, 2.75) is 26.4 Å². The van der Waals surface area contributed by atoms with Gasteiger partial charge in [-0.1, -0.05) is 17.3 Å². The molecule has 1 unspecified atom stereocenters. The first-order valence-corrected chi connectivity index (χ1v) is 8.15. The number of methoxy groups -OCH3 is 1. The summed E-state index contributed by atoms with van der Waals surface area (Å²) in [4.78, 5) is 8.35. The monoisotopic (exact) mass is 347 g/mol. The lowest BCUT2D eigenvalue weighted by Gasteiger charge is -2.18. The predicted octanol–water partition coefficient (Wildman–Crippen LogP) is 1.56. The molecule has 25 heavy (non-hydrogen) atoms. The van der Waals surface area contributed by atoms with E-state index in [1.807, 2.05) is 31.2 Å². The van der Waals surface area contributed by atoms with Crippen LogP contribution in [-0.2, 0) is 6.42 Å². The van der Waals surface area contributed by atoms with Gasteiger partial charge in [-0.05, 0) is 26.0 Å². The maximum absolute atomic E-state index is 5.90. The van der Waals surface area contributed by atoms with Crippen molar-refractivity contribution >= 4 is 5.96 Å². The normalized spacial score (nSPS) is 12.6. The van der Waals surface area contributed by atoms with Crippen molar-refractivity contribution in [1.82, 2.24) is 20.8 Å². The quantitative estimate of drug-likeness (QED) is 0.553. The molecule has 0 bridgehead atoms. The van der Waals surface area contributed by atoms with E-state index in [-0.39, 0.29) is 6.10 Å². The third-order valence-electron chi connectivity index (χ3n) is 3.38. The molecule has 0 amide bonds. The highest BCUT2D eigenvalue weighted by Crippen LogP contribution is 2.26. The molecule has 0 radical (unpaired) electrons. The first-order valence-electron chi connectivity index (χ1n) is 8.15. The number of hydrogen-bond acceptors (Lipinski definition) is 6. The molecule has 1 atom stereocenters. The lowest BCUT2D eigenvalue weighted by Crippen LogP contribution is -2.42. The van der Waals surface area contributed by atoms with E-state index in [9.17, 15) is 0 Å². The Hall–Kier alpha value is -2.77. The molecule has 1 aromatic carbocycles. The molecule has 0 saturated heterocycles. The van der Waals surface area contributed by atoms with Gasteiger partial charge in [-0.3, -0.25) is 4.99 Å². The van der Waals surface area contributed by atoms with Crippen LogP contribution in [0, 0.1) is 6.92 Å². The molecule has 0 aliphatic rings. The minimum Gasteiger partial charge on any atom is -0.493 e. The molecule has 2 aromatic rings. The van der Waals surface area contributed by atoms with Crippen molar-refractivity contribution in [2.75, 3.05) is 27.2 Å². The van der Waals surface area contributed by atoms with Gasteiger partial charge in [0.25, 0.3) is 0 Å². The van der Waals surface area contributed by atoms with E-state index in [1.165, 1.54) is 0 Å². The first kappa shape index (κ1) is 18.6. The Morgan fingerprint density at radius 1 is 1.28 bits per heavy atom. The molecule has 1 aromatic heterocycles. The number of ether oxygens (including phenoxy) is 2. The maximum atomic E-state index is 5.90. The Bertz CT molecular complexity index is 686. The number of hydrogen-bond donors (Lipinski definition) is 2. The van der Waals surface area contributed by atoms with E-state index >= 15 is 0 Å². The number of guanidine groups is 1. The summed E-state index contributed by atoms with van der Waals surface area (Å²) in [5.41, 5.74) is 0. The van der Waals surface area contributed by atoms with Crippen LogP contribution in [0.3, 0.4) is 0 Å². The number of nitrogens with one attached hydrogen (secondary N) is 2. The molecule has 0 spiro atoms. The number of benzene rings is 1. The Kier molecular flexibility index (Phi) is 7.06. The highest BCUT2D eigenvalue weighted by molar-refractivity contribution is 5.79. The molecule has 8 heteroatoms. The summed E-state index contributed by atoms with van der Waals surface area (Å²) in [6.07, 6.45) is 0.572. The summed E-state index contributed by atoms with van der Waals surface area (Å²) >= 11 is 0. The second kappa shape index (κ2) is 9.51. The molecule has 0 saturated carbocycles. The molecule has 2 N–H and O–H groups in total. The SMILES string of the molecule is CN=C(NCCc1nc(C)no1)NCC(C)Oc1ccccc1OC. The van der Waals surface area contributed by atoms with Crippen LogP contribution in [0.15, 0.2) is 33.8 Å². The molecule has 0 aliphatic carbocycles. The van der Waals surface area contributed by atoms with Crippen LogP contribution < -0.4 is 20.1 Å². The fourth-order valence-corrected chi connectivity index (χ4v) is 2.17. The zero-order chi connectivity index (χ0) is 18.1. The number of aryl methyl sites for hydroxylation is 1. The third kappa shape index (κ3) is 5.98. The number of para-hydroxylation sites is 2. The van der Waals surface area contributed by atoms with Gasteiger partial charge in [0, 0.05) is 20.0 Å². The van der Waals surface area contributed by atoms with Crippen LogP contribution in [0.5, 0.6) is 11.5 Å². The largest absolute Gasteiger partial charge is 0.493 e. The number of aromatic nitrogens is 2. The molecule has 136 valence electrons. The van der Waals surface area contributed by atoms with E-state index in [0.29, 0.717) is 48.7 Å². The van der Waals surface area contributed by atoms with Gasteiger partial charge >= 0.3 is 0 Å². The lowest BCUT2D eigenvalue weighted by molar-refractivity contribution is 0.213. The lowest BCUT2D eigenvalue weighted by atomic mass is 10.3. The van der Waals surface area contributed by atoms with Gasteiger partial charge in [0.05, 0.1) is 13.7 Å². The molecule has 0 fully saturated rings. The van der Waals surface area contributed by atoms with E-state index in [2.05, 4.69) is 25.8 Å². The second-order valence-electron chi connectivity index (χ2n) is 5.44. The van der Waals surface area contributed by atoms with Gasteiger partial charge in [-0.25, -0.2) is 0 Å². The fraction of sp³-hybridized carbons (Fsp3) is 0.471. The van der Waals surface area contributed by atoms with Crippen molar-refractivity contribution < 1.29 is 14.0 Å². The first-order chi connectivity index (χ1) is 12.1.